The summed E-state index contributed by atoms with van der Waals surface area (Å²) < 4.78 is 5.50. The van der Waals surface area contributed by atoms with Gasteiger partial charge in [-0.1, -0.05) is 32.0 Å². The topological polar surface area (TPSA) is 61.9 Å². The molecule has 1 aliphatic heterocycles. The maximum atomic E-state index is 12.9. The van der Waals surface area contributed by atoms with Crippen molar-refractivity contribution in [3.8, 4) is 5.75 Å². The number of amides is 2. The van der Waals surface area contributed by atoms with E-state index in [1.54, 1.807) is 7.11 Å². The zero-order chi connectivity index (χ0) is 20.4. The molecule has 1 unspecified atom stereocenters. The second-order valence-electron chi connectivity index (χ2n) is 7.28. The van der Waals surface area contributed by atoms with Gasteiger partial charge in [-0.3, -0.25) is 9.59 Å². The molecule has 1 fully saturated rings. The average Bonchev–Trinajstić information content (AvgIpc) is 2.73. The van der Waals surface area contributed by atoms with Gasteiger partial charge in [0.05, 0.1) is 13.2 Å². The molecule has 0 aliphatic carbocycles. The lowest BCUT2D eigenvalue weighted by molar-refractivity contribution is -0.135. The number of carbonyl (C=O) groups excluding carboxylic acids is 2. The summed E-state index contributed by atoms with van der Waals surface area (Å²) in [4.78, 5) is 29.2. The van der Waals surface area contributed by atoms with Crippen molar-refractivity contribution < 1.29 is 14.3 Å². The SMILES string of the molecule is CCCN(CCC)C(=O)CCCC(=O)N1CCNCC1c1ccccc1OC. The van der Waals surface area contributed by atoms with Gasteiger partial charge >= 0.3 is 0 Å². The van der Waals surface area contributed by atoms with Crippen molar-refractivity contribution in [3.63, 3.8) is 0 Å². The highest BCUT2D eigenvalue weighted by atomic mass is 16.5. The Labute approximate surface area is 169 Å². The Bertz CT molecular complexity index is 629. The number of piperazine rings is 1. The summed E-state index contributed by atoms with van der Waals surface area (Å²) in [5.41, 5.74) is 1.03. The lowest BCUT2D eigenvalue weighted by atomic mass is 10.0. The molecule has 0 aromatic heterocycles. The first-order valence-corrected chi connectivity index (χ1v) is 10.5. The Kier molecular flexibility index (Phi) is 9.28. The van der Waals surface area contributed by atoms with Gasteiger partial charge in [-0.05, 0) is 25.3 Å². The van der Waals surface area contributed by atoms with Crippen molar-refractivity contribution in [2.24, 2.45) is 0 Å². The zero-order valence-corrected chi connectivity index (χ0v) is 17.6. The van der Waals surface area contributed by atoms with Gasteiger partial charge in [0.15, 0.2) is 0 Å². The van der Waals surface area contributed by atoms with Crippen molar-refractivity contribution in [2.75, 3.05) is 39.8 Å². The summed E-state index contributed by atoms with van der Waals surface area (Å²) in [7, 11) is 1.66. The zero-order valence-electron chi connectivity index (χ0n) is 17.6. The molecule has 0 spiro atoms. The molecule has 0 radical (unpaired) electrons. The fourth-order valence-electron chi connectivity index (χ4n) is 3.82. The monoisotopic (exact) mass is 389 g/mol. The maximum Gasteiger partial charge on any atom is 0.223 e. The summed E-state index contributed by atoms with van der Waals surface area (Å²) in [6.07, 6.45) is 3.38. The molecule has 1 aromatic carbocycles. The minimum Gasteiger partial charge on any atom is -0.496 e. The molecule has 0 bridgehead atoms. The fourth-order valence-corrected chi connectivity index (χ4v) is 3.82. The predicted molar refractivity (Wildman–Crippen MR) is 111 cm³/mol. The first-order valence-electron chi connectivity index (χ1n) is 10.5. The van der Waals surface area contributed by atoms with Crippen molar-refractivity contribution in [3.05, 3.63) is 29.8 Å². The molecule has 1 aliphatic rings. The van der Waals surface area contributed by atoms with E-state index >= 15 is 0 Å². The van der Waals surface area contributed by atoms with Crippen molar-refractivity contribution in [2.45, 2.75) is 52.0 Å². The number of para-hydroxylation sites is 1. The molecule has 1 heterocycles. The highest BCUT2D eigenvalue weighted by molar-refractivity contribution is 5.79. The normalized spacial score (nSPS) is 16.7. The van der Waals surface area contributed by atoms with Gasteiger partial charge < -0.3 is 19.9 Å². The number of hydrogen-bond acceptors (Lipinski definition) is 4. The van der Waals surface area contributed by atoms with Crippen LogP contribution in [-0.2, 0) is 9.59 Å². The van der Waals surface area contributed by atoms with E-state index in [2.05, 4.69) is 19.2 Å². The van der Waals surface area contributed by atoms with E-state index < -0.39 is 0 Å². The summed E-state index contributed by atoms with van der Waals surface area (Å²) in [6.45, 7) is 7.95. The van der Waals surface area contributed by atoms with E-state index in [9.17, 15) is 9.59 Å². The lowest BCUT2D eigenvalue weighted by Gasteiger charge is -2.37. The molecular weight excluding hydrogens is 354 g/mol. The van der Waals surface area contributed by atoms with Crippen molar-refractivity contribution in [1.82, 2.24) is 15.1 Å². The van der Waals surface area contributed by atoms with Crippen LogP contribution in [0, 0.1) is 0 Å². The van der Waals surface area contributed by atoms with Crippen LogP contribution in [0.1, 0.15) is 57.6 Å². The third kappa shape index (κ3) is 5.96. The molecule has 28 heavy (non-hydrogen) atoms. The van der Waals surface area contributed by atoms with Gasteiger partial charge in [0, 0.05) is 51.1 Å². The number of methoxy groups -OCH3 is 1. The number of nitrogens with zero attached hydrogens (tertiary/aromatic N) is 2. The summed E-state index contributed by atoms with van der Waals surface area (Å²) in [6, 6.07) is 7.83. The van der Waals surface area contributed by atoms with Crippen LogP contribution in [0.4, 0.5) is 0 Å². The summed E-state index contributed by atoms with van der Waals surface area (Å²) in [5.74, 6) is 1.08. The van der Waals surface area contributed by atoms with E-state index in [4.69, 9.17) is 4.74 Å². The fraction of sp³-hybridized carbons (Fsp3) is 0.636. The number of benzene rings is 1. The van der Waals surface area contributed by atoms with Crippen molar-refractivity contribution in [1.29, 1.82) is 0 Å². The van der Waals surface area contributed by atoms with Gasteiger partial charge in [0.25, 0.3) is 0 Å². The van der Waals surface area contributed by atoms with Crippen molar-refractivity contribution >= 4 is 11.8 Å². The Morgan fingerprint density at radius 3 is 2.57 bits per heavy atom. The Balaban J connectivity index is 1.95. The highest BCUT2D eigenvalue weighted by Gasteiger charge is 2.29. The first kappa shape index (κ1) is 22.2. The second-order valence-corrected chi connectivity index (χ2v) is 7.28. The maximum absolute atomic E-state index is 12.9. The number of hydrogen-bond donors (Lipinski definition) is 1. The Hall–Kier alpha value is -2.08. The Morgan fingerprint density at radius 1 is 1.18 bits per heavy atom. The summed E-state index contributed by atoms with van der Waals surface area (Å²) in [5, 5.41) is 3.38. The molecule has 6 heteroatoms. The van der Waals surface area contributed by atoms with Crippen LogP contribution < -0.4 is 10.1 Å². The van der Waals surface area contributed by atoms with E-state index in [0.717, 1.165) is 43.8 Å². The Morgan fingerprint density at radius 2 is 1.89 bits per heavy atom. The largest absolute Gasteiger partial charge is 0.496 e. The van der Waals surface area contributed by atoms with Gasteiger partial charge in [-0.2, -0.15) is 0 Å². The first-order chi connectivity index (χ1) is 13.6. The minimum atomic E-state index is -0.0372. The van der Waals surface area contributed by atoms with E-state index in [1.165, 1.54) is 0 Å². The molecule has 0 saturated carbocycles. The standard InChI is InChI=1S/C22H35N3O3/c1-4-14-24(15-5-2)21(26)11-8-12-22(27)25-16-13-23-17-19(25)18-9-6-7-10-20(18)28-3/h6-7,9-10,19,23H,4-5,8,11-17H2,1-3H3. The van der Waals surface area contributed by atoms with E-state index in [1.807, 2.05) is 34.1 Å². The smallest absolute Gasteiger partial charge is 0.223 e. The number of carbonyl (C=O) groups is 2. The van der Waals surface area contributed by atoms with Crippen LogP contribution in [0.3, 0.4) is 0 Å². The number of ether oxygens (including phenoxy) is 1. The van der Waals surface area contributed by atoms with Crippen LogP contribution in [-0.4, -0.2) is 61.4 Å². The van der Waals surface area contributed by atoms with Gasteiger partial charge in [-0.25, -0.2) is 0 Å². The molecule has 1 atom stereocenters. The molecule has 1 aromatic rings. The van der Waals surface area contributed by atoms with Gasteiger partial charge in [-0.15, -0.1) is 0 Å². The third-order valence-corrected chi connectivity index (χ3v) is 5.18. The molecular formula is C22H35N3O3. The quantitative estimate of drug-likeness (QED) is 0.668. The van der Waals surface area contributed by atoms with Gasteiger partial charge in [0.1, 0.15) is 5.75 Å². The molecule has 156 valence electrons. The molecule has 2 rings (SSSR count). The highest BCUT2D eigenvalue weighted by Crippen LogP contribution is 2.30. The van der Waals surface area contributed by atoms with Gasteiger partial charge in [0.2, 0.25) is 11.8 Å². The van der Waals surface area contributed by atoms with Crippen LogP contribution in [0.5, 0.6) is 5.75 Å². The minimum absolute atomic E-state index is 0.0372. The molecule has 1 N–H and O–H groups in total. The number of rotatable bonds is 10. The van der Waals surface area contributed by atoms with E-state index in [0.29, 0.717) is 32.4 Å². The van der Waals surface area contributed by atoms with Crippen LogP contribution in [0.2, 0.25) is 0 Å². The molecule has 6 nitrogen and oxygen atoms in total. The lowest BCUT2D eigenvalue weighted by Crippen LogP contribution is -2.48. The van der Waals surface area contributed by atoms with Crippen LogP contribution >= 0.6 is 0 Å². The van der Waals surface area contributed by atoms with Crippen LogP contribution in [0.25, 0.3) is 0 Å². The van der Waals surface area contributed by atoms with Crippen LogP contribution in [0.15, 0.2) is 24.3 Å². The molecule has 1 saturated heterocycles. The van der Waals surface area contributed by atoms with E-state index in [-0.39, 0.29) is 17.9 Å². The predicted octanol–water partition coefficient (Wildman–Crippen LogP) is 2.99. The average molecular weight is 390 g/mol. The molecule has 2 amide bonds. The number of nitrogens with one attached hydrogen (secondary N) is 1. The third-order valence-electron chi connectivity index (χ3n) is 5.18. The summed E-state index contributed by atoms with van der Waals surface area (Å²) >= 11 is 0. The second kappa shape index (κ2) is 11.7.